The van der Waals surface area contributed by atoms with Crippen molar-refractivity contribution in [2.75, 3.05) is 13.2 Å². The van der Waals surface area contributed by atoms with Gasteiger partial charge in [-0.15, -0.1) is 0 Å². The molecule has 0 aromatic carbocycles. The van der Waals surface area contributed by atoms with Crippen LogP contribution in [-0.4, -0.2) is 37.2 Å². The molecule has 0 aliphatic rings. The molecular formula is C77H132O6. The Kier molecular flexibility index (Phi) is 67.2. The van der Waals surface area contributed by atoms with Crippen LogP contribution in [0.1, 0.15) is 342 Å². The summed E-state index contributed by atoms with van der Waals surface area (Å²) in [5.41, 5.74) is 0. The van der Waals surface area contributed by atoms with Crippen LogP contribution in [0.4, 0.5) is 0 Å². The van der Waals surface area contributed by atoms with E-state index in [1.165, 1.54) is 193 Å². The topological polar surface area (TPSA) is 78.9 Å². The summed E-state index contributed by atoms with van der Waals surface area (Å²) in [6, 6.07) is 0. The molecule has 0 aliphatic carbocycles. The predicted molar refractivity (Wildman–Crippen MR) is 362 cm³/mol. The van der Waals surface area contributed by atoms with E-state index in [2.05, 4.69) is 118 Å². The quantitative estimate of drug-likeness (QED) is 0.0261. The van der Waals surface area contributed by atoms with Crippen molar-refractivity contribution in [2.45, 2.75) is 348 Å². The molecule has 6 heteroatoms. The zero-order valence-electron chi connectivity index (χ0n) is 54.7. The average molecular weight is 1150 g/mol. The maximum Gasteiger partial charge on any atom is 0.309 e. The standard InChI is InChI=1S/C77H132O6/c1-4-7-10-13-16-19-22-25-28-30-32-33-34-35-36-37-38-39-40-41-42-43-45-46-49-52-55-58-61-64-67-70-76(79)82-73-74(72-81-75(78)69-66-63-60-57-54-51-48-27-24-21-18-15-12-9-6-3)83-77(80)71-68-65-62-59-56-53-50-47-44-31-29-26-23-20-17-14-11-8-5-2/h8-9,11-12,17-18,20-21,26-27,29,44,47-48,54,57,63,66,74H,4-7,10,13-16,19,22-25,28,30-43,45-46,49-53,55-56,58-62,64-65,67-73H2,1-3H3/b11-8-,12-9-,20-17-,21-18-,29-26-,47-44-,48-27-,57-54-,66-63-. The minimum Gasteiger partial charge on any atom is -0.462 e. The van der Waals surface area contributed by atoms with Crippen molar-refractivity contribution in [2.24, 2.45) is 0 Å². The molecule has 0 aliphatic heterocycles. The Morgan fingerprint density at radius 2 is 0.518 bits per heavy atom. The van der Waals surface area contributed by atoms with Gasteiger partial charge < -0.3 is 14.2 Å². The normalized spacial score (nSPS) is 12.8. The molecule has 0 heterocycles. The molecule has 6 nitrogen and oxygen atoms in total. The fourth-order valence-electron chi connectivity index (χ4n) is 10.1. The van der Waals surface area contributed by atoms with E-state index in [-0.39, 0.29) is 31.6 Å². The van der Waals surface area contributed by atoms with Crippen LogP contribution >= 0.6 is 0 Å². The molecule has 476 valence electrons. The van der Waals surface area contributed by atoms with E-state index in [1.54, 1.807) is 6.08 Å². The van der Waals surface area contributed by atoms with Crippen LogP contribution in [0.15, 0.2) is 109 Å². The minimum absolute atomic E-state index is 0.113. The molecule has 0 aromatic heterocycles. The van der Waals surface area contributed by atoms with Crippen molar-refractivity contribution in [3.05, 3.63) is 109 Å². The van der Waals surface area contributed by atoms with Gasteiger partial charge in [0.25, 0.3) is 0 Å². The molecule has 1 atom stereocenters. The molecule has 83 heavy (non-hydrogen) atoms. The monoisotopic (exact) mass is 1150 g/mol. The fourth-order valence-corrected chi connectivity index (χ4v) is 10.1. The lowest BCUT2D eigenvalue weighted by Gasteiger charge is -2.18. The highest BCUT2D eigenvalue weighted by atomic mass is 16.6. The molecule has 0 radical (unpaired) electrons. The minimum atomic E-state index is -0.828. The number of unbranched alkanes of at least 4 members (excludes halogenated alkanes) is 36. The number of ether oxygens (including phenoxy) is 3. The van der Waals surface area contributed by atoms with Crippen LogP contribution in [0.5, 0.6) is 0 Å². The largest absolute Gasteiger partial charge is 0.462 e. The molecule has 0 spiro atoms. The van der Waals surface area contributed by atoms with E-state index in [0.29, 0.717) is 12.8 Å². The predicted octanol–water partition coefficient (Wildman–Crippen LogP) is 24.6. The third-order valence-corrected chi connectivity index (χ3v) is 15.3. The number of hydrogen-bond acceptors (Lipinski definition) is 6. The molecule has 0 saturated carbocycles. The van der Waals surface area contributed by atoms with Crippen molar-refractivity contribution in [1.29, 1.82) is 0 Å². The average Bonchev–Trinajstić information content (AvgIpc) is 3.50. The summed E-state index contributed by atoms with van der Waals surface area (Å²) in [7, 11) is 0. The maximum absolute atomic E-state index is 12.9. The van der Waals surface area contributed by atoms with E-state index in [0.717, 1.165) is 109 Å². The second kappa shape index (κ2) is 70.6. The Labute approximate surface area is 514 Å². The van der Waals surface area contributed by atoms with Gasteiger partial charge in [0.05, 0.1) is 6.42 Å². The van der Waals surface area contributed by atoms with E-state index in [1.807, 2.05) is 6.08 Å². The number of rotatable bonds is 64. The first-order valence-electron chi connectivity index (χ1n) is 35.4. The summed E-state index contributed by atoms with van der Waals surface area (Å²) in [5.74, 6) is -1.05. The van der Waals surface area contributed by atoms with Gasteiger partial charge in [-0.1, -0.05) is 348 Å². The van der Waals surface area contributed by atoms with Crippen molar-refractivity contribution in [3.8, 4) is 0 Å². The van der Waals surface area contributed by atoms with Gasteiger partial charge >= 0.3 is 17.9 Å². The second-order valence-corrected chi connectivity index (χ2v) is 23.4. The molecule has 0 rings (SSSR count). The molecule has 0 aromatic rings. The van der Waals surface area contributed by atoms with E-state index in [4.69, 9.17) is 14.2 Å². The lowest BCUT2D eigenvalue weighted by Crippen LogP contribution is -2.30. The zero-order chi connectivity index (χ0) is 59.9. The molecule has 0 bridgehead atoms. The van der Waals surface area contributed by atoms with Crippen molar-refractivity contribution in [3.63, 3.8) is 0 Å². The highest BCUT2D eigenvalue weighted by molar-refractivity contribution is 5.72. The first-order valence-corrected chi connectivity index (χ1v) is 35.4. The summed E-state index contributed by atoms with van der Waals surface area (Å²) >= 11 is 0. The molecule has 0 saturated heterocycles. The van der Waals surface area contributed by atoms with Crippen LogP contribution in [0.25, 0.3) is 0 Å². The summed E-state index contributed by atoms with van der Waals surface area (Å²) in [6.07, 6.45) is 97.4. The van der Waals surface area contributed by atoms with Crippen LogP contribution < -0.4 is 0 Å². The Bertz CT molecular complexity index is 1660. The number of hydrogen-bond donors (Lipinski definition) is 0. The lowest BCUT2D eigenvalue weighted by molar-refractivity contribution is -0.166. The summed E-state index contributed by atoms with van der Waals surface area (Å²) in [4.78, 5) is 38.3. The Hall–Kier alpha value is -3.93. The van der Waals surface area contributed by atoms with E-state index >= 15 is 0 Å². The molecular weight excluding hydrogens is 1020 g/mol. The smallest absolute Gasteiger partial charge is 0.309 e. The maximum atomic E-state index is 12.9. The van der Waals surface area contributed by atoms with Crippen LogP contribution in [-0.2, 0) is 28.6 Å². The van der Waals surface area contributed by atoms with Gasteiger partial charge in [-0.25, -0.2) is 0 Å². The number of carbonyl (C=O) groups is 3. The third-order valence-electron chi connectivity index (χ3n) is 15.3. The van der Waals surface area contributed by atoms with Gasteiger partial charge in [0.1, 0.15) is 13.2 Å². The fraction of sp³-hybridized carbons (Fsp3) is 0.727. The summed E-state index contributed by atoms with van der Waals surface area (Å²) in [5, 5.41) is 0. The van der Waals surface area contributed by atoms with Gasteiger partial charge in [0.15, 0.2) is 6.10 Å². The van der Waals surface area contributed by atoms with Gasteiger partial charge in [-0.2, -0.15) is 0 Å². The van der Waals surface area contributed by atoms with Crippen molar-refractivity contribution in [1.82, 2.24) is 0 Å². The second-order valence-electron chi connectivity index (χ2n) is 23.4. The Balaban J connectivity index is 4.28. The molecule has 1 unspecified atom stereocenters. The van der Waals surface area contributed by atoms with E-state index < -0.39 is 12.1 Å². The van der Waals surface area contributed by atoms with Crippen molar-refractivity contribution >= 4 is 17.9 Å². The number of carbonyl (C=O) groups excluding carboxylic acids is 3. The van der Waals surface area contributed by atoms with Gasteiger partial charge in [-0.05, 0) is 83.5 Å². The van der Waals surface area contributed by atoms with Crippen LogP contribution in [0.2, 0.25) is 0 Å². The zero-order valence-corrected chi connectivity index (χ0v) is 54.7. The van der Waals surface area contributed by atoms with E-state index in [9.17, 15) is 14.4 Å². The van der Waals surface area contributed by atoms with Crippen molar-refractivity contribution < 1.29 is 28.6 Å². The molecule has 0 amide bonds. The van der Waals surface area contributed by atoms with Gasteiger partial charge in [-0.3, -0.25) is 14.4 Å². The van der Waals surface area contributed by atoms with Crippen LogP contribution in [0, 0.1) is 0 Å². The van der Waals surface area contributed by atoms with Gasteiger partial charge in [0.2, 0.25) is 0 Å². The number of allylic oxidation sites excluding steroid dienone is 17. The summed E-state index contributed by atoms with van der Waals surface area (Å²) < 4.78 is 16.8. The van der Waals surface area contributed by atoms with Crippen LogP contribution in [0.3, 0.4) is 0 Å². The highest BCUT2D eigenvalue weighted by Gasteiger charge is 2.19. The molecule has 0 fully saturated rings. The first-order chi connectivity index (χ1) is 41.0. The summed E-state index contributed by atoms with van der Waals surface area (Å²) in [6.45, 7) is 6.35. The van der Waals surface area contributed by atoms with Gasteiger partial charge in [0, 0.05) is 12.8 Å². The Morgan fingerprint density at radius 3 is 0.843 bits per heavy atom. The Morgan fingerprint density at radius 1 is 0.265 bits per heavy atom. The lowest BCUT2D eigenvalue weighted by atomic mass is 10.0. The SMILES string of the molecule is CC/C=C\C/C=C\C/C=C\C/C=C\C/C=C\CC(=O)OCC(COC(=O)CCCCCCCCCCCCCCCCCCCCCCCCCCCCCCCCC)OC(=O)CCCCCCCC/C=C\C/C=C\C/C=C\C/C=C\CC. The molecule has 0 N–H and O–H groups in total. The highest BCUT2D eigenvalue weighted by Crippen LogP contribution is 2.18. The number of esters is 3. The first kappa shape index (κ1) is 79.1. The third kappa shape index (κ3) is 68.7.